The summed E-state index contributed by atoms with van der Waals surface area (Å²) in [5.74, 6) is 0.648. The highest BCUT2D eigenvalue weighted by Gasteiger charge is 2.43. The van der Waals surface area contributed by atoms with Gasteiger partial charge in [-0.3, -0.25) is 10.1 Å². The molecule has 0 radical (unpaired) electrons. The van der Waals surface area contributed by atoms with Crippen molar-refractivity contribution >= 4 is 5.91 Å². The number of nitrogens with one attached hydrogen (secondary N) is 2. The first-order valence-electron chi connectivity index (χ1n) is 5.84. The Bertz CT molecular complexity index is 371. The van der Waals surface area contributed by atoms with Crippen LogP contribution >= 0.6 is 0 Å². The molecule has 1 aromatic heterocycles. The number of carbonyl (C=O) groups excluding carboxylic acids is 1. The second-order valence-electron chi connectivity index (χ2n) is 4.60. The van der Waals surface area contributed by atoms with E-state index >= 15 is 0 Å². The molecule has 94 valence electrons. The fourth-order valence-corrected chi connectivity index (χ4v) is 1.76. The number of aliphatic hydroxyl groups excluding tert-OH is 1. The van der Waals surface area contributed by atoms with E-state index in [2.05, 4.69) is 10.6 Å². The van der Waals surface area contributed by atoms with Crippen molar-refractivity contribution < 1.29 is 14.3 Å². The molecule has 3 N–H and O–H groups in total. The van der Waals surface area contributed by atoms with Gasteiger partial charge in [0.1, 0.15) is 5.76 Å². The Morgan fingerprint density at radius 3 is 2.94 bits per heavy atom. The zero-order valence-electron chi connectivity index (χ0n) is 9.90. The molecule has 0 aliphatic heterocycles. The Hall–Kier alpha value is -1.33. The summed E-state index contributed by atoms with van der Waals surface area (Å²) in [6.07, 6.45) is 3.44. The van der Waals surface area contributed by atoms with E-state index in [1.807, 2.05) is 6.07 Å². The monoisotopic (exact) mass is 238 g/mol. The maximum absolute atomic E-state index is 11.8. The molecule has 1 unspecified atom stereocenters. The van der Waals surface area contributed by atoms with Crippen molar-refractivity contribution in [2.45, 2.75) is 37.9 Å². The van der Waals surface area contributed by atoms with Gasteiger partial charge >= 0.3 is 0 Å². The summed E-state index contributed by atoms with van der Waals surface area (Å²) in [6, 6.07) is 3.29. The van der Waals surface area contributed by atoms with Crippen molar-refractivity contribution in [1.29, 1.82) is 0 Å². The molecule has 5 nitrogen and oxygen atoms in total. The first-order valence-corrected chi connectivity index (χ1v) is 5.84. The van der Waals surface area contributed by atoms with Gasteiger partial charge in [0.15, 0.2) is 0 Å². The molecule has 1 aromatic rings. The first-order chi connectivity index (χ1) is 8.15. The Kier molecular flexibility index (Phi) is 3.49. The number of rotatable bonds is 6. The normalized spacial score (nSPS) is 18.7. The van der Waals surface area contributed by atoms with Crippen molar-refractivity contribution in [2.75, 3.05) is 6.61 Å². The lowest BCUT2D eigenvalue weighted by atomic mass is 10.2. The first kappa shape index (κ1) is 12.1. The molecule has 1 atom stereocenters. The average Bonchev–Trinajstić information content (AvgIpc) is 2.91. The van der Waals surface area contributed by atoms with Crippen LogP contribution in [0, 0.1) is 0 Å². The summed E-state index contributed by atoms with van der Waals surface area (Å²) >= 11 is 0. The number of aliphatic hydroxyl groups is 1. The number of amides is 1. The molecule has 1 fully saturated rings. The molecule has 17 heavy (non-hydrogen) atoms. The van der Waals surface area contributed by atoms with E-state index in [1.165, 1.54) is 0 Å². The molecule has 2 rings (SSSR count). The van der Waals surface area contributed by atoms with Gasteiger partial charge in [0, 0.05) is 5.54 Å². The Balaban J connectivity index is 1.75. The van der Waals surface area contributed by atoms with Gasteiger partial charge in [0.05, 0.1) is 25.5 Å². The lowest BCUT2D eigenvalue weighted by Gasteiger charge is -2.20. The van der Waals surface area contributed by atoms with E-state index in [0.717, 1.165) is 18.6 Å². The Morgan fingerprint density at radius 2 is 2.41 bits per heavy atom. The third-order valence-corrected chi connectivity index (χ3v) is 3.09. The minimum Gasteiger partial charge on any atom is -0.467 e. The maximum Gasteiger partial charge on any atom is 0.237 e. The van der Waals surface area contributed by atoms with Gasteiger partial charge < -0.3 is 14.8 Å². The molecule has 1 aliphatic carbocycles. The lowest BCUT2D eigenvalue weighted by Crippen LogP contribution is -2.49. The summed E-state index contributed by atoms with van der Waals surface area (Å²) in [6.45, 7) is 2.28. The molecular formula is C12H18N2O3. The largest absolute Gasteiger partial charge is 0.467 e. The van der Waals surface area contributed by atoms with E-state index in [0.29, 0.717) is 6.54 Å². The Labute approximate surface area is 100 Å². The number of hydrogen-bond acceptors (Lipinski definition) is 4. The van der Waals surface area contributed by atoms with Crippen LogP contribution in [0.2, 0.25) is 0 Å². The van der Waals surface area contributed by atoms with E-state index in [-0.39, 0.29) is 24.1 Å². The summed E-state index contributed by atoms with van der Waals surface area (Å²) in [7, 11) is 0. The highest BCUT2D eigenvalue weighted by Crippen LogP contribution is 2.34. The summed E-state index contributed by atoms with van der Waals surface area (Å²) in [5, 5.41) is 15.1. The van der Waals surface area contributed by atoms with Crippen molar-refractivity contribution in [3.63, 3.8) is 0 Å². The van der Waals surface area contributed by atoms with Gasteiger partial charge in [0.2, 0.25) is 5.91 Å². The Morgan fingerprint density at radius 1 is 1.65 bits per heavy atom. The summed E-state index contributed by atoms with van der Waals surface area (Å²) < 4.78 is 5.12. The topological polar surface area (TPSA) is 74.5 Å². The van der Waals surface area contributed by atoms with Gasteiger partial charge in [-0.2, -0.15) is 0 Å². The smallest absolute Gasteiger partial charge is 0.237 e. The molecule has 1 aliphatic rings. The van der Waals surface area contributed by atoms with E-state index in [1.54, 1.807) is 19.3 Å². The number of carbonyl (C=O) groups is 1. The fourth-order valence-electron chi connectivity index (χ4n) is 1.76. The second-order valence-corrected chi connectivity index (χ2v) is 4.60. The fraction of sp³-hybridized carbons (Fsp3) is 0.583. The standard InChI is InChI=1S/C12H18N2O3/c1-9(14-12(8-15)4-5-12)11(16)13-7-10-3-2-6-17-10/h2-3,6,9,14-15H,4-5,7-8H2,1H3,(H,13,16). The predicted octanol–water partition coefficient (Wildman–Crippen LogP) is 0.399. The van der Waals surface area contributed by atoms with Crippen molar-refractivity contribution in [1.82, 2.24) is 10.6 Å². The van der Waals surface area contributed by atoms with E-state index in [4.69, 9.17) is 9.52 Å². The van der Waals surface area contributed by atoms with Gasteiger partial charge in [-0.05, 0) is 31.9 Å². The third-order valence-electron chi connectivity index (χ3n) is 3.09. The maximum atomic E-state index is 11.8. The van der Waals surface area contributed by atoms with Crippen LogP contribution in [-0.2, 0) is 11.3 Å². The molecule has 1 heterocycles. The van der Waals surface area contributed by atoms with Crippen molar-refractivity contribution in [3.8, 4) is 0 Å². The molecule has 0 aromatic carbocycles. The van der Waals surface area contributed by atoms with Gasteiger partial charge in [0.25, 0.3) is 0 Å². The molecule has 5 heteroatoms. The van der Waals surface area contributed by atoms with Crippen LogP contribution in [0.4, 0.5) is 0 Å². The third kappa shape index (κ3) is 3.08. The molecular weight excluding hydrogens is 220 g/mol. The second kappa shape index (κ2) is 4.89. The average molecular weight is 238 g/mol. The number of hydrogen-bond donors (Lipinski definition) is 3. The highest BCUT2D eigenvalue weighted by atomic mass is 16.3. The highest BCUT2D eigenvalue weighted by molar-refractivity contribution is 5.81. The van der Waals surface area contributed by atoms with Gasteiger partial charge in [-0.1, -0.05) is 0 Å². The summed E-state index contributed by atoms with van der Waals surface area (Å²) in [4.78, 5) is 11.8. The molecule has 0 spiro atoms. The minimum atomic E-state index is -0.306. The van der Waals surface area contributed by atoms with Crippen molar-refractivity contribution in [2.24, 2.45) is 0 Å². The van der Waals surface area contributed by atoms with Crippen LogP contribution < -0.4 is 10.6 Å². The zero-order chi connectivity index (χ0) is 12.3. The van der Waals surface area contributed by atoms with Gasteiger partial charge in [-0.15, -0.1) is 0 Å². The summed E-state index contributed by atoms with van der Waals surface area (Å²) in [5.41, 5.74) is -0.221. The number of furan rings is 1. The molecule has 1 saturated carbocycles. The SMILES string of the molecule is CC(NC1(CO)CC1)C(=O)NCc1ccco1. The van der Waals surface area contributed by atoms with Crippen LogP contribution in [0.5, 0.6) is 0 Å². The quantitative estimate of drug-likeness (QED) is 0.670. The van der Waals surface area contributed by atoms with Crippen LogP contribution in [0.25, 0.3) is 0 Å². The zero-order valence-corrected chi connectivity index (χ0v) is 9.90. The lowest BCUT2D eigenvalue weighted by molar-refractivity contribution is -0.123. The van der Waals surface area contributed by atoms with Crippen LogP contribution in [0.1, 0.15) is 25.5 Å². The van der Waals surface area contributed by atoms with Crippen LogP contribution in [0.15, 0.2) is 22.8 Å². The predicted molar refractivity (Wildman–Crippen MR) is 62.2 cm³/mol. The van der Waals surface area contributed by atoms with E-state index in [9.17, 15) is 4.79 Å². The van der Waals surface area contributed by atoms with Crippen molar-refractivity contribution in [3.05, 3.63) is 24.2 Å². The van der Waals surface area contributed by atoms with E-state index < -0.39 is 0 Å². The van der Waals surface area contributed by atoms with Crippen LogP contribution in [-0.4, -0.2) is 29.2 Å². The molecule has 0 saturated heterocycles. The molecule has 0 bridgehead atoms. The van der Waals surface area contributed by atoms with Gasteiger partial charge in [-0.25, -0.2) is 0 Å². The minimum absolute atomic E-state index is 0.0823. The molecule has 1 amide bonds. The van der Waals surface area contributed by atoms with Crippen LogP contribution in [0.3, 0.4) is 0 Å².